The highest BCUT2D eigenvalue weighted by Crippen LogP contribution is 2.24. The van der Waals surface area contributed by atoms with Gasteiger partial charge >= 0.3 is 6.03 Å². The smallest absolute Gasteiger partial charge is 0.320 e. The number of nitrogens with zero attached hydrogens (tertiary/aromatic N) is 3. The van der Waals surface area contributed by atoms with Gasteiger partial charge in [-0.1, -0.05) is 0 Å². The maximum absolute atomic E-state index is 13.0. The van der Waals surface area contributed by atoms with Gasteiger partial charge < -0.3 is 25.8 Å². The van der Waals surface area contributed by atoms with Crippen molar-refractivity contribution in [2.24, 2.45) is 17.6 Å². The Morgan fingerprint density at radius 3 is 2.11 bits per heavy atom. The van der Waals surface area contributed by atoms with Crippen LogP contribution in [0.2, 0.25) is 0 Å². The van der Waals surface area contributed by atoms with E-state index in [0.29, 0.717) is 32.7 Å². The van der Waals surface area contributed by atoms with Gasteiger partial charge in [-0.3, -0.25) is 9.59 Å². The number of rotatable bonds is 4. The number of amides is 4. The summed E-state index contributed by atoms with van der Waals surface area (Å²) in [5, 5.41) is 2.83. The number of piperidine rings is 2. The normalized spacial score (nSPS) is 26.2. The zero-order valence-corrected chi connectivity index (χ0v) is 16.2. The van der Waals surface area contributed by atoms with Gasteiger partial charge in [-0.2, -0.15) is 0 Å². The Morgan fingerprint density at radius 2 is 1.41 bits per heavy atom. The van der Waals surface area contributed by atoms with Crippen molar-refractivity contribution >= 4 is 17.8 Å². The first-order valence-corrected chi connectivity index (χ1v) is 10.4. The fourth-order valence-corrected chi connectivity index (χ4v) is 4.45. The Balaban J connectivity index is 1.54. The summed E-state index contributed by atoms with van der Waals surface area (Å²) in [4.78, 5) is 43.5. The average Bonchev–Trinajstić information content (AvgIpc) is 3.26. The van der Waals surface area contributed by atoms with Gasteiger partial charge in [0.15, 0.2) is 0 Å². The van der Waals surface area contributed by atoms with Gasteiger partial charge in [-0.05, 0) is 38.5 Å². The first-order chi connectivity index (χ1) is 13.1. The van der Waals surface area contributed by atoms with Crippen molar-refractivity contribution in [3.63, 3.8) is 0 Å². The Kier molecular flexibility index (Phi) is 6.93. The third kappa shape index (κ3) is 4.91. The highest BCUT2D eigenvalue weighted by molar-refractivity contribution is 5.83. The summed E-state index contributed by atoms with van der Waals surface area (Å²) in [5.41, 5.74) is 5.45. The molecule has 0 spiro atoms. The predicted octanol–water partition coefficient (Wildman–Crippen LogP) is 0.228. The molecule has 3 rings (SSSR count). The third-order valence-electron chi connectivity index (χ3n) is 5.97. The van der Waals surface area contributed by atoms with Crippen molar-refractivity contribution in [1.82, 2.24) is 20.0 Å². The molecule has 3 N–H and O–H groups in total. The van der Waals surface area contributed by atoms with Crippen LogP contribution in [-0.2, 0) is 9.59 Å². The minimum atomic E-state index is -0.153. The molecule has 27 heavy (non-hydrogen) atoms. The number of carbonyl (C=O) groups is 3. The van der Waals surface area contributed by atoms with Gasteiger partial charge in [-0.25, -0.2) is 4.79 Å². The number of hydrogen-bond acceptors (Lipinski definition) is 4. The van der Waals surface area contributed by atoms with Crippen LogP contribution >= 0.6 is 0 Å². The Hall–Kier alpha value is -1.83. The summed E-state index contributed by atoms with van der Waals surface area (Å²) in [6.45, 7) is 4.99. The van der Waals surface area contributed by atoms with Crippen LogP contribution in [0.3, 0.4) is 0 Å². The summed E-state index contributed by atoms with van der Waals surface area (Å²) in [6.07, 6.45) is 5.49. The van der Waals surface area contributed by atoms with Gasteiger partial charge in [0, 0.05) is 52.4 Å². The van der Waals surface area contributed by atoms with Crippen LogP contribution in [0.4, 0.5) is 4.79 Å². The van der Waals surface area contributed by atoms with Crippen molar-refractivity contribution in [3.8, 4) is 0 Å². The third-order valence-corrected chi connectivity index (χ3v) is 5.97. The maximum atomic E-state index is 13.0. The zero-order valence-electron chi connectivity index (χ0n) is 16.2. The summed E-state index contributed by atoms with van der Waals surface area (Å²) in [7, 11) is 0. The summed E-state index contributed by atoms with van der Waals surface area (Å²) >= 11 is 0. The second kappa shape index (κ2) is 9.39. The van der Waals surface area contributed by atoms with Crippen molar-refractivity contribution in [3.05, 3.63) is 0 Å². The molecular formula is C19H33N5O3. The van der Waals surface area contributed by atoms with Crippen LogP contribution in [0.15, 0.2) is 0 Å². The second-order valence-electron chi connectivity index (χ2n) is 7.97. The van der Waals surface area contributed by atoms with Crippen LogP contribution < -0.4 is 11.1 Å². The summed E-state index contributed by atoms with van der Waals surface area (Å²) in [6, 6.07) is 0.0858. The molecule has 0 saturated carbocycles. The molecule has 0 aliphatic carbocycles. The van der Waals surface area contributed by atoms with E-state index in [1.54, 1.807) is 0 Å². The van der Waals surface area contributed by atoms with E-state index in [4.69, 9.17) is 5.73 Å². The van der Waals surface area contributed by atoms with E-state index in [0.717, 1.165) is 58.2 Å². The molecule has 152 valence electrons. The number of nitrogens with one attached hydrogen (secondary N) is 1. The highest BCUT2D eigenvalue weighted by atomic mass is 16.2. The van der Waals surface area contributed by atoms with Crippen molar-refractivity contribution in [2.75, 3.05) is 52.4 Å². The van der Waals surface area contributed by atoms with Crippen LogP contribution in [0.5, 0.6) is 0 Å². The van der Waals surface area contributed by atoms with Crippen LogP contribution in [0, 0.1) is 11.8 Å². The van der Waals surface area contributed by atoms with E-state index < -0.39 is 0 Å². The average molecular weight is 380 g/mol. The van der Waals surface area contributed by atoms with E-state index in [2.05, 4.69) is 5.32 Å². The van der Waals surface area contributed by atoms with E-state index in [-0.39, 0.29) is 29.7 Å². The molecule has 0 aromatic rings. The standard InChI is InChI=1S/C19H33N5O3/c20-7-8-21-17(25)15-5-3-11-23(13-15)18(26)16-6-4-12-24(14-16)19(27)22-9-1-2-10-22/h15-16H,1-14,20H2,(H,21,25). The fraction of sp³-hybridized carbons (Fsp3) is 0.842. The summed E-state index contributed by atoms with van der Waals surface area (Å²) in [5.74, 6) is -0.200. The van der Waals surface area contributed by atoms with Crippen LogP contribution in [0.1, 0.15) is 38.5 Å². The fourth-order valence-electron chi connectivity index (χ4n) is 4.45. The molecule has 4 amide bonds. The molecule has 3 fully saturated rings. The molecule has 3 saturated heterocycles. The lowest BCUT2D eigenvalue weighted by Crippen LogP contribution is -2.52. The molecule has 0 aromatic heterocycles. The number of carbonyl (C=O) groups excluding carboxylic acids is 3. The Bertz CT molecular complexity index is 549. The molecule has 0 radical (unpaired) electrons. The molecule has 8 nitrogen and oxygen atoms in total. The van der Waals surface area contributed by atoms with Gasteiger partial charge in [0.2, 0.25) is 11.8 Å². The topological polar surface area (TPSA) is 99.0 Å². The first kappa shape index (κ1) is 19.9. The van der Waals surface area contributed by atoms with Crippen molar-refractivity contribution in [2.45, 2.75) is 38.5 Å². The number of urea groups is 1. The van der Waals surface area contributed by atoms with Gasteiger partial charge in [0.25, 0.3) is 0 Å². The largest absolute Gasteiger partial charge is 0.355 e. The minimum absolute atomic E-state index is 0.00701. The molecule has 0 bridgehead atoms. The quantitative estimate of drug-likeness (QED) is 0.730. The Labute approximate surface area is 161 Å². The van der Waals surface area contributed by atoms with Gasteiger partial charge in [0.05, 0.1) is 11.8 Å². The number of likely N-dealkylation sites (tertiary alicyclic amines) is 3. The zero-order chi connectivity index (χ0) is 19.2. The lowest BCUT2D eigenvalue weighted by molar-refractivity contribution is -0.140. The van der Waals surface area contributed by atoms with E-state index in [1.165, 1.54) is 0 Å². The molecule has 3 aliphatic heterocycles. The predicted molar refractivity (Wildman–Crippen MR) is 102 cm³/mol. The summed E-state index contributed by atoms with van der Waals surface area (Å²) < 4.78 is 0. The van der Waals surface area contributed by atoms with Gasteiger partial charge in [0.1, 0.15) is 0 Å². The van der Waals surface area contributed by atoms with Gasteiger partial charge in [-0.15, -0.1) is 0 Å². The lowest BCUT2D eigenvalue weighted by Gasteiger charge is -2.38. The Morgan fingerprint density at radius 1 is 0.815 bits per heavy atom. The van der Waals surface area contributed by atoms with Crippen LogP contribution in [0.25, 0.3) is 0 Å². The molecule has 3 heterocycles. The number of hydrogen-bond donors (Lipinski definition) is 2. The van der Waals surface area contributed by atoms with E-state index in [9.17, 15) is 14.4 Å². The SMILES string of the molecule is NCCNC(=O)C1CCCN(C(=O)C2CCCN(C(=O)N3CCCC3)C2)C1. The van der Waals surface area contributed by atoms with Crippen LogP contribution in [-0.4, -0.2) is 84.9 Å². The maximum Gasteiger partial charge on any atom is 0.320 e. The second-order valence-corrected chi connectivity index (χ2v) is 7.97. The van der Waals surface area contributed by atoms with Crippen molar-refractivity contribution in [1.29, 1.82) is 0 Å². The molecule has 2 atom stereocenters. The molecule has 2 unspecified atom stereocenters. The van der Waals surface area contributed by atoms with E-state index in [1.807, 2.05) is 14.7 Å². The lowest BCUT2D eigenvalue weighted by atomic mass is 9.92. The van der Waals surface area contributed by atoms with E-state index >= 15 is 0 Å². The highest BCUT2D eigenvalue weighted by Gasteiger charge is 2.36. The van der Waals surface area contributed by atoms with Crippen molar-refractivity contribution < 1.29 is 14.4 Å². The molecule has 0 aromatic carbocycles. The monoisotopic (exact) mass is 379 g/mol. The molecule has 3 aliphatic rings. The minimum Gasteiger partial charge on any atom is -0.355 e. The number of nitrogens with two attached hydrogens (primary N) is 1. The molecular weight excluding hydrogens is 346 g/mol. The first-order valence-electron chi connectivity index (χ1n) is 10.4. The molecule has 8 heteroatoms.